The van der Waals surface area contributed by atoms with E-state index < -0.39 is 17.5 Å². The molecule has 0 aliphatic rings. The van der Waals surface area contributed by atoms with E-state index in [9.17, 15) is 13.6 Å². The largest absolute Gasteiger partial charge is 0.496 e. The Morgan fingerprint density at radius 1 is 1.07 bits per heavy atom. The van der Waals surface area contributed by atoms with Crippen LogP contribution < -0.4 is 15.4 Å². The van der Waals surface area contributed by atoms with E-state index in [1.165, 1.54) is 12.3 Å². The highest BCUT2D eigenvalue weighted by Crippen LogP contribution is 2.18. The molecule has 0 bridgehead atoms. The van der Waals surface area contributed by atoms with E-state index in [2.05, 4.69) is 15.6 Å². The number of ether oxygens (including phenoxy) is 1. The molecule has 0 fully saturated rings. The number of carbonyl (C=O) groups is 1. The van der Waals surface area contributed by atoms with E-state index in [-0.39, 0.29) is 5.69 Å². The molecule has 2 aromatic carbocycles. The fourth-order valence-corrected chi connectivity index (χ4v) is 2.64. The second-order valence-electron chi connectivity index (χ2n) is 6.00. The number of nitrogens with one attached hydrogen (secondary N) is 2. The molecule has 3 rings (SSSR count). The second kappa shape index (κ2) is 8.94. The Hall–Kier alpha value is -3.48. The van der Waals surface area contributed by atoms with Gasteiger partial charge in [0.25, 0.3) is 5.91 Å². The molecular formula is C21H19F2N3O2. The summed E-state index contributed by atoms with van der Waals surface area (Å²) in [7, 11) is 1.64. The van der Waals surface area contributed by atoms with E-state index in [4.69, 9.17) is 4.74 Å². The molecule has 1 heterocycles. The van der Waals surface area contributed by atoms with Crippen molar-refractivity contribution in [2.45, 2.75) is 6.42 Å². The van der Waals surface area contributed by atoms with Crippen LogP contribution in [-0.4, -0.2) is 24.5 Å². The third-order valence-corrected chi connectivity index (χ3v) is 4.10. The second-order valence-corrected chi connectivity index (χ2v) is 6.00. The van der Waals surface area contributed by atoms with E-state index in [1.807, 2.05) is 24.3 Å². The maximum absolute atomic E-state index is 13.2. The van der Waals surface area contributed by atoms with Gasteiger partial charge in [-0.1, -0.05) is 18.2 Å². The van der Waals surface area contributed by atoms with Crippen molar-refractivity contribution in [3.63, 3.8) is 0 Å². The summed E-state index contributed by atoms with van der Waals surface area (Å²) in [5.41, 5.74) is 1.56. The van der Waals surface area contributed by atoms with Gasteiger partial charge in [-0.2, -0.15) is 0 Å². The number of halogens is 2. The maximum Gasteiger partial charge on any atom is 0.257 e. The van der Waals surface area contributed by atoms with Gasteiger partial charge in [0.05, 0.1) is 12.7 Å². The monoisotopic (exact) mass is 383 g/mol. The Kier molecular flexibility index (Phi) is 6.16. The van der Waals surface area contributed by atoms with Crippen LogP contribution in [0.2, 0.25) is 0 Å². The summed E-state index contributed by atoms with van der Waals surface area (Å²) in [6.45, 7) is 0.647. The SMILES string of the molecule is COc1ccccc1CCNc1ccc(C(=O)Nc2ccc(F)c(F)c2)cn1. The molecule has 1 amide bonds. The first-order chi connectivity index (χ1) is 13.6. The van der Waals surface area contributed by atoms with E-state index in [1.54, 1.807) is 19.2 Å². The number of benzene rings is 2. The lowest BCUT2D eigenvalue weighted by Crippen LogP contribution is -2.13. The van der Waals surface area contributed by atoms with Gasteiger partial charge in [-0.3, -0.25) is 4.79 Å². The van der Waals surface area contributed by atoms with Crippen molar-refractivity contribution in [3.8, 4) is 5.75 Å². The summed E-state index contributed by atoms with van der Waals surface area (Å²) in [5, 5.41) is 5.69. The van der Waals surface area contributed by atoms with Crippen LogP contribution in [0.25, 0.3) is 0 Å². The molecule has 7 heteroatoms. The van der Waals surface area contributed by atoms with Crippen molar-refractivity contribution in [3.05, 3.63) is 83.6 Å². The number of para-hydroxylation sites is 1. The summed E-state index contributed by atoms with van der Waals surface area (Å²) < 4.78 is 31.5. The molecule has 0 spiro atoms. The summed E-state index contributed by atoms with van der Waals surface area (Å²) in [5.74, 6) is -0.992. The zero-order valence-corrected chi connectivity index (χ0v) is 15.2. The van der Waals surface area contributed by atoms with Crippen molar-refractivity contribution in [1.82, 2.24) is 4.98 Å². The highest BCUT2D eigenvalue weighted by molar-refractivity contribution is 6.04. The smallest absolute Gasteiger partial charge is 0.257 e. The lowest BCUT2D eigenvalue weighted by molar-refractivity contribution is 0.102. The lowest BCUT2D eigenvalue weighted by Gasteiger charge is -2.10. The number of anilines is 2. The zero-order chi connectivity index (χ0) is 19.9. The van der Waals surface area contributed by atoms with Gasteiger partial charge in [-0.25, -0.2) is 13.8 Å². The van der Waals surface area contributed by atoms with Gasteiger partial charge >= 0.3 is 0 Å². The van der Waals surface area contributed by atoms with Crippen LogP contribution in [0, 0.1) is 11.6 Å². The van der Waals surface area contributed by atoms with Gasteiger partial charge in [0, 0.05) is 24.5 Å². The molecule has 144 valence electrons. The zero-order valence-electron chi connectivity index (χ0n) is 15.2. The summed E-state index contributed by atoms with van der Waals surface area (Å²) in [6, 6.07) is 14.2. The van der Waals surface area contributed by atoms with Crippen LogP contribution in [0.5, 0.6) is 5.75 Å². The molecule has 2 N–H and O–H groups in total. The Balaban J connectivity index is 1.55. The van der Waals surface area contributed by atoms with Gasteiger partial charge in [-0.05, 0) is 42.3 Å². The fraction of sp³-hybridized carbons (Fsp3) is 0.143. The van der Waals surface area contributed by atoms with Crippen molar-refractivity contribution in [2.75, 3.05) is 24.3 Å². The van der Waals surface area contributed by atoms with Gasteiger partial charge in [0.1, 0.15) is 11.6 Å². The van der Waals surface area contributed by atoms with E-state index in [0.717, 1.165) is 29.9 Å². The van der Waals surface area contributed by atoms with Gasteiger partial charge in [0.15, 0.2) is 11.6 Å². The average Bonchev–Trinajstić information content (AvgIpc) is 2.71. The normalized spacial score (nSPS) is 10.4. The molecule has 28 heavy (non-hydrogen) atoms. The molecule has 0 saturated heterocycles. The van der Waals surface area contributed by atoms with Crippen molar-refractivity contribution < 1.29 is 18.3 Å². The van der Waals surface area contributed by atoms with E-state index >= 15 is 0 Å². The number of amides is 1. The number of nitrogens with zero attached hydrogens (tertiary/aromatic N) is 1. The minimum absolute atomic E-state index is 0.169. The minimum Gasteiger partial charge on any atom is -0.496 e. The Labute approximate surface area is 161 Å². The molecule has 0 saturated carbocycles. The molecule has 0 aliphatic carbocycles. The highest BCUT2D eigenvalue weighted by Gasteiger charge is 2.09. The van der Waals surface area contributed by atoms with Gasteiger partial charge in [0.2, 0.25) is 0 Å². The molecule has 0 unspecified atom stereocenters. The molecule has 0 atom stereocenters. The minimum atomic E-state index is -1.02. The number of aromatic nitrogens is 1. The topological polar surface area (TPSA) is 63.2 Å². The number of methoxy groups -OCH3 is 1. The Bertz CT molecular complexity index is 962. The molecule has 0 aliphatic heterocycles. The molecular weight excluding hydrogens is 364 g/mol. The van der Waals surface area contributed by atoms with Crippen LogP contribution in [0.4, 0.5) is 20.3 Å². The average molecular weight is 383 g/mol. The van der Waals surface area contributed by atoms with Crippen LogP contribution in [0.15, 0.2) is 60.8 Å². The fourth-order valence-electron chi connectivity index (χ4n) is 2.64. The standard InChI is InChI=1S/C21H19F2N3O2/c1-28-19-5-3-2-4-14(19)10-11-24-20-9-6-15(13-25-20)21(27)26-16-7-8-17(22)18(23)12-16/h2-9,12-13H,10-11H2,1H3,(H,24,25)(H,26,27). The number of pyridine rings is 1. The van der Waals surface area contributed by atoms with Crippen LogP contribution >= 0.6 is 0 Å². The third-order valence-electron chi connectivity index (χ3n) is 4.10. The van der Waals surface area contributed by atoms with Crippen LogP contribution in [0.1, 0.15) is 15.9 Å². The van der Waals surface area contributed by atoms with Crippen LogP contribution in [-0.2, 0) is 6.42 Å². The van der Waals surface area contributed by atoms with Crippen molar-refractivity contribution in [2.24, 2.45) is 0 Å². The number of carbonyl (C=O) groups excluding carboxylic acids is 1. The van der Waals surface area contributed by atoms with Crippen molar-refractivity contribution >= 4 is 17.4 Å². The molecule has 0 radical (unpaired) electrons. The molecule has 1 aromatic heterocycles. The Morgan fingerprint density at radius 2 is 1.89 bits per heavy atom. The summed E-state index contributed by atoms with van der Waals surface area (Å²) in [4.78, 5) is 16.4. The Morgan fingerprint density at radius 3 is 2.61 bits per heavy atom. The molecule has 3 aromatic rings. The lowest BCUT2D eigenvalue weighted by atomic mass is 10.1. The first-order valence-corrected chi connectivity index (χ1v) is 8.65. The van der Waals surface area contributed by atoms with Crippen molar-refractivity contribution in [1.29, 1.82) is 0 Å². The summed E-state index contributed by atoms with van der Waals surface area (Å²) >= 11 is 0. The predicted molar refractivity (Wildman–Crippen MR) is 104 cm³/mol. The quantitative estimate of drug-likeness (QED) is 0.639. The van der Waals surface area contributed by atoms with Crippen LogP contribution in [0.3, 0.4) is 0 Å². The highest BCUT2D eigenvalue weighted by atomic mass is 19.2. The number of hydrogen-bond acceptors (Lipinski definition) is 4. The third kappa shape index (κ3) is 4.82. The predicted octanol–water partition coefficient (Wildman–Crippen LogP) is 4.28. The van der Waals surface area contributed by atoms with Gasteiger partial charge in [-0.15, -0.1) is 0 Å². The first-order valence-electron chi connectivity index (χ1n) is 8.65. The van der Waals surface area contributed by atoms with Gasteiger partial charge < -0.3 is 15.4 Å². The van der Waals surface area contributed by atoms with E-state index in [0.29, 0.717) is 17.9 Å². The maximum atomic E-state index is 13.2. The summed E-state index contributed by atoms with van der Waals surface area (Å²) in [6.07, 6.45) is 2.17. The first kappa shape index (κ1) is 19.3. The number of hydrogen-bond donors (Lipinski definition) is 2. The number of rotatable bonds is 7. The molecule has 5 nitrogen and oxygen atoms in total.